The third kappa shape index (κ3) is 7.01. The first-order valence-corrected chi connectivity index (χ1v) is 13.8. The van der Waals surface area contributed by atoms with E-state index in [9.17, 15) is 4.79 Å². The third-order valence-corrected chi connectivity index (χ3v) is 7.05. The fourth-order valence-corrected chi connectivity index (χ4v) is 4.90. The first-order chi connectivity index (χ1) is 20.6. The number of methoxy groups -OCH3 is 3. The molecule has 42 heavy (non-hydrogen) atoms. The highest BCUT2D eigenvalue weighted by molar-refractivity contribution is 5.79. The van der Waals surface area contributed by atoms with E-state index in [0.29, 0.717) is 42.0 Å². The molecule has 1 aromatic heterocycles. The van der Waals surface area contributed by atoms with E-state index in [4.69, 9.17) is 23.9 Å². The fourth-order valence-electron chi connectivity index (χ4n) is 4.90. The van der Waals surface area contributed by atoms with Gasteiger partial charge in [-0.15, -0.1) is 0 Å². The van der Waals surface area contributed by atoms with Crippen molar-refractivity contribution in [1.82, 2.24) is 15.3 Å². The summed E-state index contributed by atoms with van der Waals surface area (Å²) in [5.41, 5.74) is 1.70. The van der Waals surface area contributed by atoms with Gasteiger partial charge in [0.15, 0.2) is 11.5 Å². The molecule has 2 heterocycles. The lowest BCUT2D eigenvalue weighted by Crippen LogP contribution is -2.43. The van der Waals surface area contributed by atoms with E-state index in [1.54, 1.807) is 39.7 Å². The normalized spacial score (nSPS) is 14.5. The molecule has 1 aliphatic heterocycles. The minimum Gasteiger partial charge on any atom is -0.493 e. The van der Waals surface area contributed by atoms with Crippen LogP contribution in [0.2, 0.25) is 0 Å². The molecule has 0 spiro atoms. The van der Waals surface area contributed by atoms with Gasteiger partial charge in [0.25, 0.3) is 0 Å². The average molecular weight is 570 g/mol. The van der Waals surface area contributed by atoms with Crippen molar-refractivity contribution in [3.05, 3.63) is 84.6 Å². The zero-order valence-electron chi connectivity index (χ0n) is 24.0. The second kappa shape index (κ2) is 13.6. The molecule has 0 saturated carbocycles. The lowest BCUT2D eigenvalue weighted by Gasteiger charge is -2.33. The summed E-state index contributed by atoms with van der Waals surface area (Å²) in [6.45, 7) is 1.85. The lowest BCUT2D eigenvalue weighted by atomic mass is 9.97. The Kier molecular flexibility index (Phi) is 9.23. The standard InChI is InChI=1S/C32H35N5O5/c1-39-27-18-24(19-28(40-2)30(27)41-3)35-32-33-16-15-29(36-32)37-17-7-8-23(21-37)31(38)34-20-22-11-13-26(14-12-22)42-25-9-5-4-6-10-25/h4-6,9-16,18-19,23H,7-8,17,20-21H2,1-3H3,(H,34,38)(H,33,35,36)/t23-/m0/s1. The van der Waals surface area contributed by atoms with Crippen molar-refractivity contribution in [2.24, 2.45) is 5.92 Å². The van der Waals surface area contributed by atoms with Crippen molar-refractivity contribution in [1.29, 1.82) is 0 Å². The number of carbonyl (C=O) groups excluding carboxylic acids is 1. The number of rotatable bonds is 11. The molecule has 10 nitrogen and oxygen atoms in total. The van der Waals surface area contributed by atoms with Crippen molar-refractivity contribution >= 4 is 23.4 Å². The molecule has 2 N–H and O–H groups in total. The van der Waals surface area contributed by atoms with Crippen molar-refractivity contribution in [3.8, 4) is 28.7 Å². The molecule has 1 fully saturated rings. The number of piperidine rings is 1. The Hall–Kier alpha value is -4.99. The molecule has 5 rings (SSSR count). The van der Waals surface area contributed by atoms with Gasteiger partial charge in [-0.1, -0.05) is 30.3 Å². The van der Waals surface area contributed by atoms with E-state index in [1.165, 1.54) is 0 Å². The molecule has 0 unspecified atom stereocenters. The molecule has 0 bridgehead atoms. The van der Waals surface area contributed by atoms with Crippen molar-refractivity contribution in [2.45, 2.75) is 19.4 Å². The zero-order chi connectivity index (χ0) is 29.3. The van der Waals surface area contributed by atoms with E-state index in [0.717, 1.165) is 42.3 Å². The maximum absolute atomic E-state index is 13.1. The highest BCUT2D eigenvalue weighted by Gasteiger charge is 2.26. The third-order valence-electron chi connectivity index (χ3n) is 7.05. The predicted octanol–water partition coefficient (Wildman–Crippen LogP) is 5.57. The Balaban J connectivity index is 1.18. The molecule has 1 saturated heterocycles. The molecule has 4 aromatic rings. The number of nitrogens with zero attached hydrogens (tertiary/aromatic N) is 3. The van der Waals surface area contributed by atoms with Crippen molar-refractivity contribution in [3.63, 3.8) is 0 Å². The van der Waals surface area contributed by atoms with Crippen molar-refractivity contribution < 1.29 is 23.7 Å². The first kappa shape index (κ1) is 28.5. The van der Waals surface area contributed by atoms with Gasteiger partial charge in [0.1, 0.15) is 17.3 Å². The van der Waals surface area contributed by atoms with Gasteiger partial charge in [-0.05, 0) is 48.7 Å². The summed E-state index contributed by atoms with van der Waals surface area (Å²) < 4.78 is 22.2. The van der Waals surface area contributed by atoms with Crippen LogP contribution < -0.4 is 34.5 Å². The molecule has 1 atom stereocenters. The van der Waals surface area contributed by atoms with Crippen LogP contribution in [0.4, 0.5) is 17.5 Å². The highest BCUT2D eigenvalue weighted by Crippen LogP contribution is 2.40. The van der Waals surface area contributed by atoms with E-state index in [1.807, 2.05) is 60.7 Å². The van der Waals surface area contributed by atoms with Gasteiger partial charge < -0.3 is 34.5 Å². The summed E-state index contributed by atoms with van der Waals surface area (Å²) in [5, 5.41) is 6.32. The largest absolute Gasteiger partial charge is 0.493 e. The van der Waals surface area contributed by atoms with E-state index in [2.05, 4.69) is 20.5 Å². The maximum atomic E-state index is 13.1. The quantitative estimate of drug-likeness (QED) is 0.240. The minimum atomic E-state index is -0.138. The zero-order valence-corrected chi connectivity index (χ0v) is 24.0. The molecule has 218 valence electrons. The second-order valence-electron chi connectivity index (χ2n) is 9.84. The van der Waals surface area contributed by atoms with E-state index < -0.39 is 0 Å². The van der Waals surface area contributed by atoms with Crippen LogP contribution in [0.15, 0.2) is 79.0 Å². The summed E-state index contributed by atoms with van der Waals surface area (Å²) in [5.74, 6) is 4.17. The number of nitrogens with one attached hydrogen (secondary N) is 2. The molecule has 1 amide bonds. The molecule has 0 radical (unpaired) electrons. The molecule has 10 heteroatoms. The summed E-state index contributed by atoms with van der Waals surface area (Å²) in [6.07, 6.45) is 3.43. The molecular weight excluding hydrogens is 534 g/mol. The number of aromatic nitrogens is 2. The van der Waals surface area contributed by atoms with E-state index in [-0.39, 0.29) is 11.8 Å². The van der Waals surface area contributed by atoms with Crippen LogP contribution in [0.5, 0.6) is 28.7 Å². The molecule has 0 aliphatic carbocycles. The number of amides is 1. The topological polar surface area (TPSA) is 107 Å². The van der Waals surface area contributed by atoms with Crippen LogP contribution in [-0.4, -0.2) is 50.3 Å². The number of anilines is 3. The van der Waals surface area contributed by atoms with Gasteiger partial charge >= 0.3 is 0 Å². The Morgan fingerprint density at radius 1 is 0.929 bits per heavy atom. The van der Waals surface area contributed by atoms with E-state index >= 15 is 0 Å². The van der Waals surface area contributed by atoms with Gasteiger partial charge in [0, 0.05) is 43.7 Å². The Bertz CT molecular complexity index is 1460. The number of ether oxygens (including phenoxy) is 4. The smallest absolute Gasteiger partial charge is 0.229 e. The van der Waals surface area contributed by atoms with Gasteiger partial charge in [-0.25, -0.2) is 4.98 Å². The minimum absolute atomic E-state index is 0.0362. The molecular formula is C32H35N5O5. The fraction of sp³-hybridized carbons (Fsp3) is 0.281. The average Bonchev–Trinajstić information content (AvgIpc) is 3.04. The van der Waals surface area contributed by atoms with Crippen LogP contribution in [-0.2, 0) is 11.3 Å². The van der Waals surface area contributed by atoms with Gasteiger partial charge in [0.2, 0.25) is 17.6 Å². The molecule has 1 aliphatic rings. The lowest BCUT2D eigenvalue weighted by molar-refractivity contribution is -0.125. The summed E-state index contributed by atoms with van der Waals surface area (Å²) in [4.78, 5) is 24.3. The predicted molar refractivity (Wildman–Crippen MR) is 161 cm³/mol. The molecule has 3 aromatic carbocycles. The second-order valence-corrected chi connectivity index (χ2v) is 9.84. The van der Waals surface area contributed by atoms with Crippen LogP contribution in [0.3, 0.4) is 0 Å². The number of hydrogen-bond acceptors (Lipinski definition) is 9. The van der Waals surface area contributed by atoms with Gasteiger partial charge in [-0.2, -0.15) is 4.98 Å². The Morgan fingerprint density at radius 2 is 1.64 bits per heavy atom. The Labute approximate surface area is 245 Å². The van der Waals surface area contributed by atoms with Crippen LogP contribution in [0.25, 0.3) is 0 Å². The number of benzene rings is 3. The number of para-hydroxylation sites is 1. The first-order valence-electron chi connectivity index (χ1n) is 13.8. The van der Waals surface area contributed by atoms with Crippen LogP contribution in [0.1, 0.15) is 18.4 Å². The van der Waals surface area contributed by atoms with Crippen LogP contribution in [0, 0.1) is 5.92 Å². The SMILES string of the molecule is COc1cc(Nc2nccc(N3CCC[C@H](C(=O)NCc4ccc(Oc5ccccc5)cc4)C3)n2)cc(OC)c1OC. The number of hydrogen-bond donors (Lipinski definition) is 2. The monoisotopic (exact) mass is 569 g/mol. The Morgan fingerprint density at radius 3 is 2.33 bits per heavy atom. The number of carbonyl (C=O) groups is 1. The summed E-state index contributed by atoms with van der Waals surface area (Å²) >= 11 is 0. The summed E-state index contributed by atoms with van der Waals surface area (Å²) in [6, 6.07) is 22.9. The highest BCUT2D eigenvalue weighted by atomic mass is 16.5. The van der Waals surface area contributed by atoms with Gasteiger partial charge in [0.05, 0.1) is 27.2 Å². The van der Waals surface area contributed by atoms with Crippen molar-refractivity contribution in [2.75, 3.05) is 44.6 Å². The summed E-state index contributed by atoms with van der Waals surface area (Å²) in [7, 11) is 4.70. The van der Waals surface area contributed by atoms with Gasteiger partial charge in [-0.3, -0.25) is 4.79 Å². The van der Waals surface area contributed by atoms with Crippen LogP contribution >= 0.6 is 0 Å². The maximum Gasteiger partial charge on any atom is 0.229 e.